The molecule has 94 valence electrons. The molecule has 18 heavy (non-hydrogen) atoms. The Morgan fingerprint density at radius 1 is 1.56 bits per heavy atom. The number of nitrogens with one attached hydrogen (secondary N) is 1. The van der Waals surface area contributed by atoms with Crippen LogP contribution in [0.15, 0.2) is 12.3 Å². The van der Waals surface area contributed by atoms with Crippen molar-refractivity contribution in [2.75, 3.05) is 13.7 Å². The summed E-state index contributed by atoms with van der Waals surface area (Å²) in [6.07, 6.45) is 0.258. The van der Waals surface area contributed by atoms with E-state index in [0.29, 0.717) is 17.0 Å². The molecule has 1 rings (SSSR count). The number of ketones is 1. The molecule has 0 unspecified atom stereocenters. The zero-order valence-electron chi connectivity index (χ0n) is 9.98. The fourth-order valence-electron chi connectivity index (χ4n) is 1.16. The van der Waals surface area contributed by atoms with Gasteiger partial charge in [0.2, 0.25) is 5.88 Å². The van der Waals surface area contributed by atoms with Crippen molar-refractivity contribution in [1.82, 2.24) is 10.3 Å². The minimum atomic E-state index is -1.15. The first-order valence-electron chi connectivity index (χ1n) is 5.05. The normalized spacial score (nSPS) is 9.00. The summed E-state index contributed by atoms with van der Waals surface area (Å²) in [5, 5.41) is 10.5. The van der Waals surface area contributed by atoms with Crippen LogP contribution >= 0.6 is 0 Å². The number of hydrogen-bond acceptors (Lipinski definition) is 4. The van der Waals surface area contributed by atoms with Gasteiger partial charge in [-0.1, -0.05) is 11.8 Å². The van der Waals surface area contributed by atoms with Crippen molar-refractivity contribution < 1.29 is 19.4 Å². The second kappa shape index (κ2) is 6.25. The van der Waals surface area contributed by atoms with Crippen molar-refractivity contribution >= 4 is 11.9 Å². The van der Waals surface area contributed by atoms with Crippen LogP contribution < -0.4 is 10.1 Å². The van der Waals surface area contributed by atoms with Gasteiger partial charge in [-0.2, -0.15) is 0 Å². The van der Waals surface area contributed by atoms with Crippen LogP contribution in [0.25, 0.3) is 0 Å². The quantitative estimate of drug-likeness (QED) is 0.613. The molecule has 0 saturated heterocycles. The molecule has 0 aliphatic rings. The van der Waals surface area contributed by atoms with E-state index in [-0.39, 0.29) is 12.3 Å². The maximum atomic E-state index is 11.2. The summed E-state index contributed by atoms with van der Waals surface area (Å²) in [5.41, 5.74) is 0.865. The van der Waals surface area contributed by atoms with Crippen molar-refractivity contribution in [3.63, 3.8) is 0 Å². The van der Waals surface area contributed by atoms with E-state index < -0.39 is 6.09 Å². The van der Waals surface area contributed by atoms with Crippen molar-refractivity contribution in [2.45, 2.75) is 6.92 Å². The maximum absolute atomic E-state index is 11.2. The summed E-state index contributed by atoms with van der Waals surface area (Å²) in [6, 6.07) is 1.56. The molecule has 0 bridgehead atoms. The Labute approximate surface area is 104 Å². The molecule has 1 aromatic rings. The average Bonchev–Trinajstić information content (AvgIpc) is 2.34. The van der Waals surface area contributed by atoms with Crippen LogP contribution in [0, 0.1) is 11.8 Å². The Kier molecular flexibility index (Phi) is 4.69. The van der Waals surface area contributed by atoms with E-state index in [0.717, 1.165) is 0 Å². The predicted octanol–water partition coefficient (Wildman–Crippen LogP) is 0.912. The summed E-state index contributed by atoms with van der Waals surface area (Å²) in [4.78, 5) is 25.4. The van der Waals surface area contributed by atoms with E-state index in [4.69, 9.17) is 9.84 Å². The van der Waals surface area contributed by atoms with Crippen molar-refractivity contribution in [1.29, 1.82) is 0 Å². The molecule has 6 heteroatoms. The Morgan fingerprint density at radius 2 is 2.28 bits per heavy atom. The summed E-state index contributed by atoms with van der Waals surface area (Å²) in [6.45, 7) is 1.41. The van der Waals surface area contributed by atoms with E-state index in [2.05, 4.69) is 22.1 Å². The lowest BCUT2D eigenvalue weighted by Crippen LogP contribution is -2.20. The van der Waals surface area contributed by atoms with E-state index in [9.17, 15) is 9.59 Å². The highest BCUT2D eigenvalue weighted by molar-refractivity contribution is 5.94. The van der Waals surface area contributed by atoms with Gasteiger partial charge in [0.05, 0.1) is 19.2 Å². The number of carboxylic acid groups (broad SMARTS) is 1. The molecule has 1 amide bonds. The van der Waals surface area contributed by atoms with Crippen molar-refractivity contribution in [2.24, 2.45) is 0 Å². The monoisotopic (exact) mass is 248 g/mol. The maximum Gasteiger partial charge on any atom is 0.405 e. The molecule has 2 N–H and O–H groups in total. The molecule has 0 aliphatic heterocycles. The number of nitrogens with zero attached hydrogens (tertiary/aromatic N) is 1. The number of methoxy groups -OCH3 is 1. The molecular formula is C12H12N2O4. The lowest BCUT2D eigenvalue weighted by molar-refractivity contribution is 0.101. The highest BCUT2D eigenvalue weighted by Crippen LogP contribution is 2.15. The molecule has 0 radical (unpaired) electrons. The van der Waals surface area contributed by atoms with Crippen LogP contribution in [0.5, 0.6) is 5.88 Å². The Hall–Kier alpha value is -2.55. The number of carbonyl (C=O) groups excluding carboxylic acids is 1. The van der Waals surface area contributed by atoms with Crippen LogP contribution in [-0.2, 0) is 0 Å². The molecule has 0 spiro atoms. The van der Waals surface area contributed by atoms with Gasteiger partial charge in [-0.3, -0.25) is 4.79 Å². The predicted molar refractivity (Wildman–Crippen MR) is 63.7 cm³/mol. The van der Waals surface area contributed by atoms with Crippen LogP contribution in [-0.4, -0.2) is 35.6 Å². The highest BCUT2D eigenvalue weighted by Gasteiger charge is 2.06. The first kappa shape index (κ1) is 13.5. The fraction of sp³-hybridized carbons (Fsp3) is 0.250. The van der Waals surface area contributed by atoms with Gasteiger partial charge in [-0.05, 0) is 13.0 Å². The number of hydrogen-bond donors (Lipinski definition) is 2. The van der Waals surface area contributed by atoms with E-state index >= 15 is 0 Å². The summed E-state index contributed by atoms with van der Waals surface area (Å²) in [7, 11) is 1.44. The highest BCUT2D eigenvalue weighted by atomic mass is 16.5. The summed E-state index contributed by atoms with van der Waals surface area (Å²) >= 11 is 0. The van der Waals surface area contributed by atoms with Gasteiger partial charge in [0, 0.05) is 11.8 Å². The number of ether oxygens (including phenoxy) is 1. The average molecular weight is 248 g/mol. The minimum Gasteiger partial charge on any atom is -0.480 e. The third-order valence-electron chi connectivity index (χ3n) is 2.00. The zero-order valence-corrected chi connectivity index (χ0v) is 9.98. The van der Waals surface area contributed by atoms with Crippen LogP contribution in [0.1, 0.15) is 22.8 Å². The standard InChI is InChI=1S/C12H12N2O4/c1-8(15)10-6-9(11(18-2)14-7-10)4-3-5-13-12(16)17/h6-7,13H,5H2,1-2H3,(H,16,17). The fourth-order valence-corrected chi connectivity index (χ4v) is 1.16. The first-order chi connectivity index (χ1) is 8.54. The molecule has 1 heterocycles. The number of rotatable bonds is 3. The summed E-state index contributed by atoms with van der Waals surface area (Å²) in [5.74, 6) is 5.47. The number of pyridine rings is 1. The van der Waals surface area contributed by atoms with Crippen molar-refractivity contribution in [3.8, 4) is 17.7 Å². The molecule has 1 aromatic heterocycles. The molecule has 0 aliphatic carbocycles. The van der Waals surface area contributed by atoms with Gasteiger partial charge in [0.15, 0.2) is 5.78 Å². The molecule has 6 nitrogen and oxygen atoms in total. The third kappa shape index (κ3) is 3.79. The van der Waals surface area contributed by atoms with E-state index in [1.54, 1.807) is 6.07 Å². The lowest BCUT2D eigenvalue weighted by atomic mass is 10.1. The van der Waals surface area contributed by atoms with Gasteiger partial charge in [-0.15, -0.1) is 0 Å². The molecule has 0 aromatic carbocycles. The van der Waals surface area contributed by atoms with Gasteiger partial charge in [0.1, 0.15) is 0 Å². The van der Waals surface area contributed by atoms with Gasteiger partial charge >= 0.3 is 6.09 Å². The molecule has 0 atom stereocenters. The van der Waals surface area contributed by atoms with E-state index in [1.807, 2.05) is 0 Å². The van der Waals surface area contributed by atoms with Crippen LogP contribution in [0.3, 0.4) is 0 Å². The van der Waals surface area contributed by atoms with Gasteiger partial charge < -0.3 is 15.2 Å². The molecular weight excluding hydrogens is 236 g/mol. The van der Waals surface area contributed by atoms with Crippen LogP contribution in [0.4, 0.5) is 4.79 Å². The van der Waals surface area contributed by atoms with E-state index in [1.165, 1.54) is 20.2 Å². The summed E-state index contributed by atoms with van der Waals surface area (Å²) < 4.78 is 5.00. The first-order valence-corrected chi connectivity index (χ1v) is 5.05. The number of amides is 1. The van der Waals surface area contributed by atoms with Gasteiger partial charge in [0.25, 0.3) is 0 Å². The minimum absolute atomic E-state index is 0.0111. The second-order valence-corrected chi connectivity index (χ2v) is 3.30. The van der Waals surface area contributed by atoms with Crippen LogP contribution in [0.2, 0.25) is 0 Å². The Bertz CT molecular complexity index is 529. The second-order valence-electron chi connectivity index (χ2n) is 3.30. The lowest BCUT2D eigenvalue weighted by Gasteiger charge is -2.03. The largest absolute Gasteiger partial charge is 0.480 e. The Balaban J connectivity index is 2.94. The number of carbonyl (C=O) groups is 2. The Morgan fingerprint density at radius 3 is 2.83 bits per heavy atom. The van der Waals surface area contributed by atoms with Gasteiger partial charge in [-0.25, -0.2) is 9.78 Å². The smallest absolute Gasteiger partial charge is 0.405 e. The zero-order chi connectivity index (χ0) is 13.5. The molecule has 0 fully saturated rings. The third-order valence-corrected chi connectivity index (χ3v) is 2.00. The van der Waals surface area contributed by atoms with Crippen molar-refractivity contribution in [3.05, 3.63) is 23.4 Å². The molecule has 0 saturated carbocycles. The topological polar surface area (TPSA) is 88.5 Å². The number of aromatic nitrogens is 1. The number of Topliss-reactive ketones (excluding diaryl/α,β-unsaturated/α-hetero) is 1. The SMILES string of the molecule is COc1ncc(C(C)=O)cc1C#CCNC(=O)O.